The summed E-state index contributed by atoms with van der Waals surface area (Å²) in [5.41, 5.74) is 4.04. The molecule has 3 aromatic rings. The summed E-state index contributed by atoms with van der Waals surface area (Å²) in [4.78, 5) is 21.6. The normalized spacial score (nSPS) is 14.6. The Kier molecular flexibility index (Phi) is 4.38. The number of benzene rings is 2. The number of hydrogen-bond donors (Lipinski definition) is 0. The van der Waals surface area contributed by atoms with Crippen LogP contribution in [-0.2, 0) is 0 Å². The molecule has 1 amide bonds. The highest BCUT2D eigenvalue weighted by atomic mass is 16.2. The van der Waals surface area contributed by atoms with Crippen LogP contribution < -0.4 is 4.90 Å². The SMILES string of the molecule is CC(C)c1nc2ccccc2n1C1CN(C(=O)c2ccc(N(C)C)cc2)C1. The summed E-state index contributed by atoms with van der Waals surface area (Å²) in [6.45, 7) is 5.81. The second-order valence-electron chi connectivity index (χ2n) is 7.79. The quantitative estimate of drug-likeness (QED) is 0.706. The minimum absolute atomic E-state index is 0.104. The maximum absolute atomic E-state index is 12.8. The Labute approximate surface area is 160 Å². The first-order chi connectivity index (χ1) is 13.0. The van der Waals surface area contributed by atoms with Crippen molar-refractivity contribution in [2.75, 3.05) is 32.1 Å². The third-order valence-electron chi connectivity index (χ3n) is 5.28. The Hall–Kier alpha value is -2.82. The van der Waals surface area contributed by atoms with Gasteiger partial charge in [0.05, 0.1) is 17.1 Å². The molecule has 5 heteroatoms. The van der Waals surface area contributed by atoms with E-state index in [2.05, 4.69) is 36.6 Å². The molecular weight excluding hydrogens is 336 g/mol. The van der Waals surface area contributed by atoms with E-state index in [1.807, 2.05) is 54.2 Å². The molecule has 0 saturated carbocycles. The van der Waals surface area contributed by atoms with Crippen molar-refractivity contribution in [1.29, 1.82) is 0 Å². The summed E-state index contributed by atoms with van der Waals surface area (Å²) < 4.78 is 2.33. The molecule has 1 aliphatic heterocycles. The number of aromatic nitrogens is 2. The predicted octanol–water partition coefficient (Wildman–Crippen LogP) is 3.92. The van der Waals surface area contributed by atoms with Crippen LogP contribution in [0.2, 0.25) is 0 Å². The molecule has 5 nitrogen and oxygen atoms in total. The fraction of sp³-hybridized carbons (Fsp3) is 0.364. The topological polar surface area (TPSA) is 41.4 Å². The number of imidazole rings is 1. The van der Waals surface area contributed by atoms with Crippen molar-refractivity contribution in [3.05, 3.63) is 59.9 Å². The molecular formula is C22H26N4O. The number of likely N-dealkylation sites (tertiary alicyclic amines) is 1. The van der Waals surface area contributed by atoms with E-state index in [4.69, 9.17) is 4.98 Å². The van der Waals surface area contributed by atoms with E-state index < -0.39 is 0 Å². The standard InChI is InChI=1S/C22H26N4O/c1-15(2)21-23-19-7-5-6-8-20(19)26(21)18-13-25(14-18)22(27)16-9-11-17(12-10-16)24(3)4/h5-12,15,18H,13-14H2,1-4H3. The minimum Gasteiger partial charge on any atom is -0.378 e. The largest absolute Gasteiger partial charge is 0.378 e. The van der Waals surface area contributed by atoms with Gasteiger partial charge in [0.25, 0.3) is 5.91 Å². The molecule has 2 heterocycles. The summed E-state index contributed by atoms with van der Waals surface area (Å²) in [5.74, 6) is 1.55. The van der Waals surface area contributed by atoms with E-state index >= 15 is 0 Å². The van der Waals surface area contributed by atoms with E-state index in [0.717, 1.165) is 41.2 Å². The van der Waals surface area contributed by atoms with Crippen molar-refractivity contribution in [3.63, 3.8) is 0 Å². The van der Waals surface area contributed by atoms with Crippen LogP contribution in [0.3, 0.4) is 0 Å². The zero-order valence-electron chi connectivity index (χ0n) is 16.4. The average molecular weight is 362 g/mol. The van der Waals surface area contributed by atoms with Gasteiger partial charge in [0.15, 0.2) is 0 Å². The molecule has 0 bridgehead atoms. The zero-order chi connectivity index (χ0) is 19.1. The number of para-hydroxylation sites is 2. The first-order valence-corrected chi connectivity index (χ1v) is 9.49. The summed E-state index contributed by atoms with van der Waals surface area (Å²) in [6.07, 6.45) is 0. The summed E-state index contributed by atoms with van der Waals surface area (Å²) in [5, 5.41) is 0. The zero-order valence-corrected chi connectivity index (χ0v) is 16.4. The number of carbonyl (C=O) groups excluding carboxylic acids is 1. The number of hydrogen-bond acceptors (Lipinski definition) is 3. The van der Waals surface area contributed by atoms with Crippen LogP contribution in [-0.4, -0.2) is 47.5 Å². The lowest BCUT2D eigenvalue weighted by atomic mass is 10.0. The highest BCUT2D eigenvalue weighted by molar-refractivity contribution is 5.95. The van der Waals surface area contributed by atoms with Crippen LogP contribution in [0.5, 0.6) is 0 Å². The van der Waals surface area contributed by atoms with Crippen LogP contribution in [0.1, 0.15) is 42.0 Å². The van der Waals surface area contributed by atoms with E-state index in [1.165, 1.54) is 0 Å². The van der Waals surface area contributed by atoms with Crippen molar-refractivity contribution < 1.29 is 4.79 Å². The monoisotopic (exact) mass is 362 g/mol. The van der Waals surface area contributed by atoms with E-state index in [-0.39, 0.29) is 5.91 Å². The lowest BCUT2D eigenvalue weighted by molar-refractivity contribution is 0.0521. The fourth-order valence-electron chi connectivity index (χ4n) is 3.72. The summed E-state index contributed by atoms with van der Waals surface area (Å²) in [7, 11) is 4.00. The number of rotatable bonds is 4. The Morgan fingerprint density at radius 3 is 2.37 bits per heavy atom. The molecule has 0 radical (unpaired) electrons. The van der Waals surface area contributed by atoms with Crippen LogP contribution in [0.25, 0.3) is 11.0 Å². The van der Waals surface area contributed by atoms with Gasteiger partial charge in [0.1, 0.15) is 5.82 Å². The van der Waals surface area contributed by atoms with Crippen LogP contribution in [0.15, 0.2) is 48.5 Å². The number of nitrogens with zero attached hydrogens (tertiary/aromatic N) is 4. The Morgan fingerprint density at radius 1 is 1.07 bits per heavy atom. The van der Waals surface area contributed by atoms with E-state index in [0.29, 0.717) is 12.0 Å². The maximum atomic E-state index is 12.8. The molecule has 27 heavy (non-hydrogen) atoms. The molecule has 4 rings (SSSR count). The number of fused-ring (bicyclic) bond motifs is 1. The van der Waals surface area contributed by atoms with Gasteiger partial charge in [-0.3, -0.25) is 4.79 Å². The Morgan fingerprint density at radius 2 is 1.74 bits per heavy atom. The summed E-state index contributed by atoms with van der Waals surface area (Å²) in [6, 6.07) is 16.4. The van der Waals surface area contributed by atoms with Gasteiger partial charge in [0.2, 0.25) is 0 Å². The third-order valence-corrected chi connectivity index (χ3v) is 5.28. The smallest absolute Gasteiger partial charge is 0.253 e. The Bertz CT molecular complexity index is 966. The molecule has 140 valence electrons. The van der Waals surface area contributed by atoms with Gasteiger partial charge in [-0.15, -0.1) is 0 Å². The predicted molar refractivity (Wildman–Crippen MR) is 110 cm³/mol. The lowest BCUT2D eigenvalue weighted by Gasteiger charge is -2.41. The summed E-state index contributed by atoms with van der Waals surface area (Å²) >= 11 is 0. The minimum atomic E-state index is 0.104. The van der Waals surface area contributed by atoms with Gasteiger partial charge >= 0.3 is 0 Å². The van der Waals surface area contributed by atoms with Gasteiger partial charge < -0.3 is 14.4 Å². The maximum Gasteiger partial charge on any atom is 0.253 e. The molecule has 1 aromatic heterocycles. The second kappa shape index (κ2) is 6.72. The molecule has 1 saturated heterocycles. The van der Waals surface area contributed by atoms with Crippen molar-refractivity contribution in [2.45, 2.75) is 25.8 Å². The lowest BCUT2D eigenvalue weighted by Crippen LogP contribution is -2.51. The van der Waals surface area contributed by atoms with E-state index in [1.54, 1.807) is 0 Å². The highest BCUT2D eigenvalue weighted by Crippen LogP contribution is 2.31. The molecule has 1 aliphatic rings. The highest BCUT2D eigenvalue weighted by Gasteiger charge is 2.35. The first kappa shape index (κ1) is 17.6. The number of amides is 1. The second-order valence-corrected chi connectivity index (χ2v) is 7.79. The van der Waals surface area contributed by atoms with Crippen LogP contribution >= 0.6 is 0 Å². The number of anilines is 1. The van der Waals surface area contributed by atoms with Crippen molar-refractivity contribution >= 4 is 22.6 Å². The average Bonchev–Trinajstić information content (AvgIpc) is 3.00. The van der Waals surface area contributed by atoms with Crippen molar-refractivity contribution in [1.82, 2.24) is 14.5 Å². The molecule has 0 unspecified atom stereocenters. The molecule has 0 N–H and O–H groups in total. The molecule has 0 aliphatic carbocycles. The van der Waals surface area contributed by atoms with Gasteiger partial charge in [0, 0.05) is 44.4 Å². The fourth-order valence-corrected chi connectivity index (χ4v) is 3.72. The van der Waals surface area contributed by atoms with Crippen molar-refractivity contribution in [3.8, 4) is 0 Å². The molecule has 0 atom stereocenters. The van der Waals surface area contributed by atoms with Crippen LogP contribution in [0, 0.1) is 0 Å². The molecule has 1 fully saturated rings. The van der Waals surface area contributed by atoms with Gasteiger partial charge in [-0.05, 0) is 36.4 Å². The number of carbonyl (C=O) groups is 1. The third kappa shape index (κ3) is 3.07. The molecule has 0 spiro atoms. The van der Waals surface area contributed by atoms with E-state index in [9.17, 15) is 4.79 Å². The van der Waals surface area contributed by atoms with Gasteiger partial charge in [-0.25, -0.2) is 4.98 Å². The van der Waals surface area contributed by atoms with Gasteiger partial charge in [-0.2, -0.15) is 0 Å². The molecule has 2 aromatic carbocycles. The van der Waals surface area contributed by atoms with Gasteiger partial charge in [-0.1, -0.05) is 26.0 Å². The van der Waals surface area contributed by atoms with Crippen molar-refractivity contribution in [2.24, 2.45) is 0 Å². The first-order valence-electron chi connectivity index (χ1n) is 9.49. The Balaban J connectivity index is 1.53. The van der Waals surface area contributed by atoms with Crippen LogP contribution in [0.4, 0.5) is 5.69 Å².